The van der Waals surface area contributed by atoms with E-state index >= 15 is 0 Å². The summed E-state index contributed by atoms with van der Waals surface area (Å²) in [5.74, 6) is -3.00. The van der Waals surface area contributed by atoms with E-state index in [4.69, 9.17) is 17.2 Å². The molecule has 40 heavy (non-hydrogen) atoms. The summed E-state index contributed by atoms with van der Waals surface area (Å²) in [6.07, 6.45) is 4.43. The van der Waals surface area contributed by atoms with Crippen molar-refractivity contribution in [2.45, 2.75) is 49.9 Å². The predicted molar refractivity (Wildman–Crippen MR) is 153 cm³/mol. The maximum Gasteiger partial charge on any atom is 0.326 e. The Balaban J connectivity index is 2.02. The minimum Gasteiger partial charge on any atom is -0.480 e. The zero-order valence-electron chi connectivity index (χ0n) is 22.3. The fourth-order valence-corrected chi connectivity index (χ4v) is 4.36. The maximum atomic E-state index is 13.0. The first-order valence-electron chi connectivity index (χ1n) is 12.7. The number of nitrogens with zero attached hydrogens (tertiary/aromatic N) is 1. The molecule has 0 aliphatic heterocycles. The van der Waals surface area contributed by atoms with Crippen molar-refractivity contribution in [3.05, 3.63) is 36.0 Å². The number of benzene rings is 1. The first-order valence-corrected chi connectivity index (χ1v) is 14.1. The van der Waals surface area contributed by atoms with Gasteiger partial charge in [0, 0.05) is 30.1 Å². The number of guanidine groups is 1. The van der Waals surface area contributed by atoms with Gasteiger partial charge in [0.05, 0.1) is 12.6 Å². The number of carboxylic acid groups (broad SMARTS) is 1. The second-order valence-electron chi connectivity index (χ2n) is 9.10. The number of H-pyrrole nitrogens is 1. The Hall–Kier alpha value is -3.82. The number of nitrogens with two attached hydrogens (primary N) is 3. The van der Waals surface area contributed by atoms with Gasteiger partial charge in [-0.25, -0.2) is 4.79 Å². The summed E-state index contributed by atoms with van der Waals surface area (Å²) in [5, 5.41) is 27.7. The molecule has 15 heteroatoms. The van der Waals surface area contributed by atoms with E-state index in [0.29, 0.717) is 24.3 Å². The minimum atomic E-state index is -1.45. The monoisotopic (exact) mass is 578 g/mol. The van der Waals surface area contributed by atoms with Crippen molar-refractivity contribution in [1.29, 1.82) is 0 Å². The molecule has 0 aliphatic carbocycles. The molecule has 0 saturated carbocycles. The van der Waals surface area contributed by atoms with E-state index in [-0.39, 0.29) is 25.2 Å². The van der Waals surface area contributed by atoms with Crippen LogP contribution in [0.3, 0.4) is 0 Å². The Morgan fingerprint density at radius 3 is 2.30 bits per heavy atom. The molecule has 2 aromatic rings. The number of aliphatic carboxylic acids is 1. The summed E-state index contributed by atoms with van der Waals surface area (Å²) in [7, 11) is 0. The molecule has 220 valence electrons. The van der Waals surface area contributed by atoms with Crippen molar-refractivity contribution in [3.8, 4) is 0 Å². The van der Waals surface area contributed by atoms with Crippen molar-refractivity contribution in [2.75, 3.05) is 25.2 Å². The number of aromatic nitrogens is 1. The van der Waals surface area contributed by atoms with Crippen molar-refractivity contribution < 1.29 is 29.4 Å². The van der Waals surface area contributed by atoms with Gasteiger partial charge in [0.1, 0.15) is 18.1 Å². The molecule has 2 rings (SSSR count). The molecule has 12 N–H and O–H groups in total. The van der Waals surface area contributed by atoms with Gasteiger partial charge in [-0.15, -0.1) is 0 Å². The molecular weight excluding hydrogens is 540 g/mol. The third-order valence-corrected chi connectivity index (χ3v) is 6.72. The molecule has 1 aromatic heterocycles. The lowest BCUT2D eigenvalue weighted by Crippen LogP contribution is -2.58. The van der Waals surface area contributed by atoms with Crippen LogP contribution in [0.4, 0.5) is 0 Å². The minimum absolute atomic E-state index is 0.0232. The van der Waals surface area contributed by atoms with Crippen LogP contribution in [-0.4, -0.2) is 94.2 Å². The first-order chi connectivity index (χ1) is 19.1. The standard InChI is InChI=1S/C25H38N8O6S/c1-40-10-8-18(31-21(35)16(26)6-4-9-29-25(27)28)22(36)33-20(13-34)23(37)32-19(24(38)39)11-14-12-30-17-7-3-2-5-15(14)17/h2-3,5,7,12,16,18-20,30,34H,4,6,8-11,13,26H2,1H3,(H,31,35)(H,32,37)(H,33,36)(H,38,39)(H4,27,28,29). The SMILES string of the molecule is CSCCC(NC(=O)C(N)CCCN=C(N)N)C(=O)NC(CO)C(=O)NC(Cc1c[nH]c2ccccc12)C(=O)O. The third kappa shape index (κ3) is 10.1. The number of aromatic amines is 1. The van der Waals surface area contributed by atoms with Gasteiger partial charge in [0.2, 0.25) is 17.7 Å². The Morgan fingerprint density at radius 1 is 1.00 bits per heavy atom. The van der Waals surface area contributed by atoms with Gasteiger partial charge >= 0.3 is 5.97 Å². The average Bonchev–Trinajstić information content (AvgIpc) is 3.33. The van der Waals surface area contributed by atoms with Crippen LogP contribution in [0.5, 0.6) is 0 Å². The van der Waals surface area contributed by atoms with E-state index in [1.165, 1.54) is 11.8 Å². The first kappa shape index (κ1) is 32.4. The van der Waals surface area contributed by atoms with Crippen molar-refractivity contribution in [2.24, 2.45) is 22.2 Å². The van der Waals surface area contributed by atoms with E-state index in [1.54, 1.807) is 6.20 Å². The molecule has 0 bridgehead atoms. The van der Waals surface area contributed by atoms with Crippen LogP contribution < -0.4 is 33.2 Å². The molecule has 3 amide bonds. The molecule has 4 unspecified atom stereocenters. The smallest absolute Gasteiger partial charge is 0.326 e. The third-order valence-electron chi connectivity index (χ3n) is 6.08. The molecule has 0 fully saturated rings. The lowest BCUT2D eigenvalue weighted by molar-refractivity contribution is -0.142. The molecule has 1 aromatic carbocycles. The Bertz CT molecular complexity index is 1190. The highest BCUT2D eigenvalue weighted by Crippen LogP contribution is 2.19. The Labute approximate surface area is 235 Å². The maximum absolute atomic E-state index is 13.0. The molecule has 0 spiro atoms. The van der Waals surface area contributed by atoms with Crippen LogP contribution in [0.2, 0.25) is 0 Å². The predicted octanol–water partition coefficient (Wildman–Crippen LogP) is -1.62. The summed E-state index contributed by atoms with van der Waals surface area (Å²) >= 11 is 1.45. The highest BCUT2D eigenvalue weighted by molar-refractivity contribution is 7.98. The highest BCUT2D eigenvalue weighted by Gasteiger charge is 2.30. The summed E-state index contributed by atoms with van der Waals surface area (Å²) in [6.45, 7) is -0.491. The van der Waals surface area contributed by atoms with Gasteiger partial charge in [0.15, 0.2) is 5.96 Å². The van der Waals surface area contributed by atoms with Gasteiger partial charge < -0.3 is 48.3 Å². The van der Waals surface area contributed by atoms with Gasteiger partial charge in [-0.3, -0.25) is 19.4 Å². The van der Waals surface area contributed by atoms with Crippen molar-refractivity contribution in [1.82, 2.24) is 20.9 Å². The summed E-state index contributed by atoms with van der Waals surface area (Å²) in [5.41, 5.74) is 18.0. The number of rotatable bonds is 17. The van der Waals surface area contributed by atoms with Gasteiger partial charge in [-0.2, -0.15) is 11.8 Å². The summed E-state index contributed by atoms with van der Waals surface area (Å²) in [4.78, 5) is 57.3. The normalized spacial score (nSPS) is 14.0. The van der Waals surface area contributed by atoms with E-state index < -0.39 is 54.5 Å². The van der Waals surface area contributed by atoms with E-state index in [2.05, 4.69) is 25.9 Å². The van der Waals surface area contributed by atoms with Gasteiger partial charge in [-0.1, -0.05) is 18.2 Å². The number of aliphatic imine (C=N–C) groups is 1. The molecule has 4 atom stereocenters. The van der Waals surface area contributed by atoms with Crippen LogP contribution in [0, 0.1) is 0 Å². The van der Waals surface area contributed by atoms with E-state index in [1.807, 2.05) is 30.5 Å². The lowest BCUT2D eigenvalue weighted by atomic mass is 10.0. The van der Waals surface area contributed by atoms with Crippen LogP contribution in [0.1, 0.15) is 24.8 Å². The fraction of sp³-hybridized carbons (Fsp3) is 0.480. The average molecular weight is 579 g/mol. The molecule has 14 nitrogen and oxygen atoms in total. The molecular formula is C25H38N8O6S. The van der Waals surface area contributed by atoms with Crippen LogP contribution in [0.15, 0.2) is 35.5 Å². The number of fused-ring (bicyclic) bond motifs is 1. The highest BCUT2D eigenvalue weighted by atomic mass is 32.2. The fourth-order valence-electron chi connectivity index (χ4n) is 3.89. The summed E-state index contributed by atoms with van der Waals surface area (Å²) < 4.78 is 0. The zero-order chi connectivity index (χ0) is 29.7. The topological polar surface area (TPSA) is 251 Å². The summed E-state index contributed by atoms with van der Waals surface area (Å²) in [6, 6.07) is 2.61. The van der Waals surface area contributed by atoms with Crippen LogP contribution in [0.25, 0.3) is 10.9 Å². The number of hydrogen-bond donors (Lipinski definition) is 9. The second kappa shape index (κ2) is 16.3. The van der Waals surface area contributed by atoms with Gasteiger partial charge in [0.25, 0.3) is 0 Å². The second-order valence-corrected chi connectivity index (χ2v) is 10.1. The number of amides is 3. The molecule has 0 radical (unpaired) electrons. The molecule has 0 aliphatic rings. The Kier molecular flexibility index (Phi) is 13.2. The number of thioether (sulfide) groups is 1. The zero-order valence-corrected chi connectivity index (χ0v) is 23.1. The Morgan fingerprint density at radius 2 is 1.65 bits per heavy atom. The molecule has 0 saturated heterocycles. The number of carbonyl (C=O) groups is 4. The van der Waals surface area contributed by atoms with Crippen molar-refractivity contribution >= 4 is 52.3 Å². The van der Waals surface area contributed by atoms with Gasteiger partial charge in [-0.05, 0) is 42.9 Å². The largest absolute Gasteiger partial charge is 0.480 e. The lowest BCUT2D eigenvalue weighted by Gasteiger charge is -2.24. The van der Waals surface area contributed by atoms with E-state index in [9.17, 15) is 29.4 Å². The number of hydrogen-bond acceptors (Lipinski definition) is 8. The van der Waals surface area contributed by atoms with Crippen LogP contribution in [-0.2, 0) is 25.6 Å². The van der Waals surface area contributed by atoms with E-state index in [0.717, 1.165) is 10.9 Å². The van der Waals surface area contributed by atoms with Crippen molar-refractivity contribution in [3.63, 3.8) is 0 Å². The van der Waals surface area contributed by atoms with Crippen LogP contribution >= 0.6 is 11.8 Å². The number of carbonyl (C=O) groups excluding carboxylic acids is 3. The number of aliphatic hydroxyl groups excluding tert-OH is 1. The number of aliphatic hydroxyl groups is 1. The quantitative estimate of drug-likeness (QED) is 0.0589. The number of nitrogens with one attached hydrogen (secondary N) is 4. The molecule has 1 heterocycles. The number of carboxylic acids is 1. The number of para-hydroxylation sites is 1.